The molecule has 7 heteroatoms. The number of anilines is 2. The third-order valence-electron chi connectivity index (χ3n) is 2.67. The molecule has 0 aliphatic rings. The summed E-state index contributed by atoms with van der Waals surface area (Å²) in [6.07, 6.45) is 0.237. The first-order valence-electron chi connectivity index (χ1n) is 6.16. The predicted octanol–water partition coefficient (Wildman–Crippen LogP) is 1.84. The monoisotopic (exact) mass is 281 g/mol. The average Bonchev–Trinajstić information content (AvgIpc) is 2.84. The molecule has 2 heterocycles. The second-order valence-corrected chi connectivity index (χ2v) is 5.39. The van der Waals surface area contributed by atoms with Gasteiger partial charge in [-0.2, -0.15) is 4.98 Å². The van der Waals surface area contributed by atoms with E-state index in [1.165, 1.54) is 0 Å². The number of nitrogens with zero attached hydrogens (tertiary/aromatic N) is 3. The normalized spacial score (nSPS) is 11.2. The van der Waals surface area contributed by atoms with Gasteiger partial charge in [0, 0.05) is 13.6 Å². The molecule has 6 nitrogen and oxygen atoms in total. The number of aromatic nitrogens is 2. The smallest absolute Gasteiger partial charge is 0.240 e. The van der Waals surface area contributed by atoms with Gasteiger partial charge in [-0.1, -0.05) is 0 Å². The SMILES string of the molecule is CC(C)OCCN(C)c1nc(NN)nc2sccc12. The lowest BCUT2D eigenvalue weighted by atomic mass is 10.3. The van der Waals surface area contributed by atoms with Gasteiger partial charge in [0.05, 0.1) is 18.1 Å². The number of thiophene rings is 1. The Kier molecular flexibility index (Phi) is 4.52. The van der Waals surface area contributed by atoms with Crippen LogP contribution >= 0.6 is 11.3 Å². The topological polar surface area (TPSA) is 76.3 Å². The van der Waals surface area contributed by atoms with Gasteiger partial charge in [0.25, 0.3) is 0 Å². The van der Waals surface area contributed by atoms with Gasteiger partial charge in [-0.25, -0.2) is 10.8 Å². The number of hydrazine groups is 1. The van der Waals surface area contributed by atoms with Gasteiger partial charge in [-0.15, -0.1) is 11.3 Å². The van der Waals surface area contributed by atoms with Crippen LogP contribution in [0.25, 0.3) is 10.2 Å². The zero-order valence-corrected chi connectivity index (χ0v) is 12.2. The van der Waals surface area contributed by atoms with E-state index in [-0.39, 0.29) is 6.10 Å². The third kappa shape index (κ3) is 3.31. The van der Waals surface area contributed by atoms with Gasteiger partial charge < -0.3 is 9.64 Å². The Morgan fingerprint density at radius 3 is 2.95 bits per heavy atom. The number of rotatable bonds is 6. The fourth-order valence-electron chi connectivity index (χ4n) is 1.73. The molecule has 3 N–H and O–H groups in total. The van der Waals surface area contributed by atoms with E-state index < -0.39 is 0 Å². The van der Waals surface area contributed by atoms with E-state index in [0.29, 0.717) is 12.6 Å². The molecule has 0 saturated carbocycles. The maximum Gasteiger partial charge on any atom is 0.240 e. The third-order valence-corrected chi connectivity index (χ3v) is 3.48. The minimum Gasteiger partial charge on any atom is -0.377 e. The zero-order valence-electron chi connectivity index (χ0n) is 11.4. The van der Waals surface area contributed by atoms with Crippen LogP contribution in [0.3, 0.4) is 0 Å². The molecule has 0 spiro atoms. The molecule has 2 rings (SSSR count). The summed E-state index contributed by atoms with van der Waals surface area (Å²) in [6.45, 7) is 5.48. The Hall–Kier alpha value is -1.44. The highest BCUT2D eigenvalue weighted by Crippen LogP contribution is 2.28. The number of ether oxygens (including phenoxy) is 1. The lowest BCUT2D eigenvalue weighted by molar-refractivity contribution is 0.0845. The molecule has 2 aromatic heterocycles. The number of nitrogen functional groups attached to an aromatic ring is 1. The van der Waals surface area contributed by atoms with Crippen molar-refractivity contribution in [3.05, 3.63) is 11.4 Å². The Bertz CT molecular complexity index is 542. The molecule has 19 heavy (non-hydrogen) atoms. The van der Waals surface area contributed by atoms with Crippen LogP contribution in [-0.2, 0) is 4.74 Å². The Labute approximate surface area is 116 Å². The average molecular weight is 281 g/mol. The summed E-state index contributed by atoms with van der Waals surface area (Å²) in [5, 5.41) is 3.04. The van der Waals surface area contributed by atoms with E-state index in [4.69, 9.17) is 10.6 Å². The number of hydrogen-bond acceptors (Lipinski definition) is 7. The molecule has 104 valence electrons. The maximum absolute atomic E-state index is 5.56. The summed E-state index contributed by atoms with van der Waals surface area (Å²) in [5.41, 5.74) is 2.51. The second kappa shape index (κ2) is 6.14. The standard InChI is InChI=1S/C12H19N5OS/c1-8(2)18-6-5-17(3)10-9-4-7-19-11(9)15-12(14-10)16-13/h4,7-8H,5-6,13H2,1-3H3,(H,14,15,16). The van der Waals surface area contributed by atoms with E-state index in [2.05, 4.69) is 20.3 Å². The zero-order chi connectivity index (χ0) is 13.8. The number of fused-ring (bicyclic) bond motifs is 1. The Morgan fingerprint density at radius 2 is 2.26 bits per heavy atom. The molecular formula is C12H19N5OS. The summed E-state index contributed by atoms with van der Waals surface area (Å²) in [6, 6.07) is 2.02. The largest absolute Gasteiger partial charge is 0.377 e. The lowest BCUT2D eigenvalue weighted by Crippen LogP contribution is -2.25. The molecule has 2 aromatic rings. The molecule has 0 bridgehead atoms. The van der Waals surface area contributed by atoms with Crippen LogP contribution in [0.1, 0.15) is 13.8 Å². The number of likely N-dealkylation sites (N-methyl/N-ethyl adjacent to an activating group) is 1. The molecule has 0 fully saturated rings. The van der Waals surface area contributed by atoms with E-state index >= 15 is 0 Å². The van der Waals surface area contributed by atoms with Crippen LogP contribution in [0.4, 0.5) is 11.8 Å². The first-order chi connectivity index (χ1) is 9.11. The van der Waals surface area contributed by atoms with Crippen LogP contribution < -0.4 is 16.2 Å². The van der Waals surface area contributed by atoms with Crippen LogP contribution in [-0.4, -0.2) is 36.3 Å². The minimum atomic E-state index is 0.237. The highest BCUT2D eigenvalue weighted by molar-refractivity contribution is 7.16. The van der Waals surface area contributed by atoms with Crippen molar-refractivity contribution < 1.29 is 4.74 Å². The molecule has 0 atom stereocenters. The van der Waals surface area contributed by atoms with Crippen molar-refractivity contribution in [2.45, 2.75) is 20.0 Å². The van der Waals surface area contributed by atoms with Crippen molar-refractivity contribution in [1.29, 1.82) is 0 Å². The first kappa shape index (κ1) is 14.0. The highest BCUT2D eigenvalue weighted by atomic mass is 32.1. The quantitative estimate of drug-likeness (QED) is 0.621. The molecule has 0 aromatic carbocycles. The molecule has 0 amide bonds. The van der Waals surface area contributed by atoms with Crippen molar-refractivity contribution in [3.8, 4) is 0 Å². The fourth-order valence-corrected chi connectivity index (χ4v) is 2.49. The Morgan fingerprint density at radius 1 is 1.47 bits per heavy atom. The van der Waals surface area contributed by atoms with E-state index in [1.807, 2.05) is 32.3 Å². The van der Waals surface area contributed by atoms with Crippen molar-refractivity contribution in [2.24, 2.45) is 5.84 Å². The fraction of sp³-hybridized carbons (Fsp3) is 0.500. The van der Waals surface area contributed by atoms with Gasteiger partial charge in [0.1, 0.15) is 10.6 Å². The van der Waals surface area contributed by atoms with Gasteiger partial charge in [-0.05, 0) is 25.3 Å². The molecule has 0 radical (unpaired) electrons. The molecule has 0 aliphatic heterocycles. The molecular weight excluding hydrogens is 262 g/mol. The second-order valence-electron chi connectivity index (χ2n) is 4.50. The van der Waals surface area contributed by atoms with Crippen molar-refractivity contribution in [1.82, 2.24) is 9.97 Å². The summed E-state index contributed by atoms with van der Waals surface area (Å²) in [5.74, 6) is 6.70. The van der Waals surface area contributed by atoms with Crippen LogP contribution in [0.2, 0.25) is 0 Å². The summed E-state index contributed by atoms with van der Waals surface area (Å²) >= 11 is 1.57. The van der Waals surface area contributed by atoms with Crippen LogP contribution in [0.5, 0.6) is 0 Å². The van der Waals surface area contributed by atoms with Crippen molar-refractivity contribution in [2.75, 3.05) is 30.5 Å². The predicted molar refractivity (Wildman–Crippen MR) is 79.6 cm³/mol. The van der Waals surface area contributed by atoms with Crippen molar-refractivity contribution >= 4 is 33.3 Å². The van der Waals surface area contributed by atoms with Gasteiger partial charge in [0.15, 0.2) is 0 Å². The number of nitrogens with two attached hydrogens (primary N) is 1. The summed E-state index contributed by atoms with van der Waals surface area (Å²) in [4.78, 5) is 11.7. The highest BCUT2D eigenvalue weighted by Gasteiger charge is 2.12. The van der Waals surface area contributed by atoms with E-state index in [0.717, 1.165) is 22.6 Å². The lowest BCUT2D eigenvalue weighted by Gasteiger charge is -2.20. The molecule has 0 saturated heterocycles. The Balaban J connectivity index is 2.19. The van der Waals surface area contributed by atoms with Gasteiger partial charge in [-0.3, -0.25) is 5.43 Å². The van der Waals surface area contributed by atoms with E-state index in [9.17, 15) is 0 Å². The minimum absolute atomic E-state index is 0.237. The number of hydrogen-bond donors (Lipinski definition) is 2. The van der Waals surface area contributed by atoms with E-state index in [1.54, 1.807) is 11.3 Å². The van der Waals surface area contributed by atoms with Gasteiger partial charge in [0.2, 0.25) is 5.95 Å². The van der Waals surface area contributed by atoms with Crippen LogP contribution in [0.15, 0.2) is 11.4 Å². The van der Waals surface area contributed by atoms with Crippen molar-refractivity contribution in [3.63, 3.8) is 0 Å². The maximum atomic E-state index is 5.56. The van der Waals surface area contributed by atoms with Crippen LogP contribution in [0, 0.1) is 0 Å². The summed E-state index contributed by atoms with van der Waals surface area (Å²) < 4.78 is 5.56. The molecule has 0 unspecified atom stereocenters. The molecule has 0 aliphatic carbocycles. The number of nitrogens with one attached hydrogen (secondary N) is 1. The summed E-state index contributed by atoms with van der Waals surface area (Å²) in [7, 11) is 1.99. The first-order valence-corrected chi connectivity index (χ1v) is 7.04. The van der Waals surface area contributed by atoms with Gasteiger partial charge >= 0.3 is 0 Å².